The van der Waals surface area contributed by atoms with Crippen LogP contribution in [0.1, 0.15) is 51.3 Å². The fourth-order valence-corrected chi connectivity index (χ4v) is 2.18. The summed E-state index contributed by atoms with van der Waals surface area (Å²) in [4.78, 5) is 11.8. The van der Waals surface area contributed by atoms with Gasteiger partial charge in [0.25, 0.3) is 0 Å². The molecule has 0 saturated carbocycles. The zero-order valence-corrected chi connectivity index (χ0v) is 15.0. The zero-order valence-electron chi connectivity index (χ0n) is 15.0. The van der Waals surface area contributed by atoms with Gasteiger partial charge in [0, 0.05) is 13.1 Å². The first-order valence-corrected chi connectivity index (χ1v) is 7.76. The van der Waals surface area contributed by atoms with E-state index in [-0.39, 0.29) is 11.6 Å². The van der Waals surface area contributed by atoms with Crippen molar-refractivity contribution in [3.63, 3.8) is 0 Å². The van der Waals surface area contributed by atoms with Gasteiger partial charge < -0.3 is 15.4 Å². The van der Waals surface area contributed by atoms with E-state index in [1.165, 1.54) is 16.7 Å². The number of carbonyl (C=O) groups excluding carboxylic acids is 1. The monoisotopic (exact) mass is 306 g/mol. The van der Waals surface area contributed by atoms with Gasteiger partial charge >= 0.3 is 6.09 Å². The van der Waals surface area contributed by atoms with E-state index >= 15 is 0 Å². The summed E-state index contributed by atoms with van der Waals surface area (Å²) in [5, 5.41) is 6.30. The molecular formula is C18H30N2O2. The van der Waals surface area contributed by atoms with Crippen molar-refractivity contribution in [3.8, 4) is 0 Å². The van der Waals surface area contributed by atoms with Crippen LogP contribution in [-0.2, 0) is 11.3 Å². The van der Waals surface area contributed by atoms with E-state index in [0.717, 1.165) is 6.54 Å². The van der Waals surface area contributed by atoms with Crippen molar-refractivity contribution in [1.29, 1.82) is 0 Å². The highest BCUT2D eigenvalue weighted by molar-refractivity contribution is 5.68. The fourth-order valence-electron chi connectivity index (χ4n) is 2.18. The van der Waals surface area contributed by atoms with Gasteiger partial charge in [0.2, 0.25) is 0 Å². The summed E-state index contributed by atoms with van der Waals surface area (Å²) in [6.07, 6.45) is -0.384. The Bertz CT molecular complexity index is 516. The summed E-state index contributed by atoms with van der Waals surface area (Å²) in [5.41, 5.74) is 2.98. The van der Waals surface area contributed by atoms with E-state index < -0.39 is 5.60 Å². The number of carbonyl (C=O) groups is 1. The summed E-state index contributed by atoms with van der Waals surface area (Å²) < 4.78 is 5.29. The molecule has 1 aromatic carbocycles. The number of nitrogens with one attached hydrogen (secondary N) is 2. The molecule has 0 unspecified atom stereocenters. The van der Waals surface area contributed by atoms with Crippen molar-refractivity contribution in [2.24, 2.45) is 0 Å². The SMILES string of the molecule is Cc1ccc(CNCC(C)(C)NC(=O)OC(C)(C)C)c(C)c1. The van der Waals surface area contributed by atoms with Gasteiger partial charge in [-0.15, -0.1) is 0 Å². The van der Waals surface area contributed by atoms with Crippen LogP contribution in [-0.4, -0.2) is 23.8 Å². The minimum Gasteiger partial charge on any atom is -0.444 e. The number of aryl methyl sites for hydroxylation is 2. The molecule has 0 bridgehead atoms. The molecule has 0 aliphatic heterocycles. The molecule has 0 atom stereocenters. The number of hydrogen-bond donors (Lipinski definition) is 2. The smallest absolute Gasteiger partial charge is 0.408 e. The number of rotatable bonds is 5. The Kier molecular flexibility index (Phi) is 6.00. The number of benzene rings is 1. The molecule has 0 aromatic heterocycles. The highest BCUT2D eigenvalue weighted by atomic mass is 16.6. The van der Waals surface area contributed by atoms with Gasteiger partial charge in [0.1, 0.15) is 5.60 Å². The van der Waals surface area contributed by atoms with Gasteiger partial charge in [-0.05, 0) is 59.6 Å². The molecule has 4 heteroatoms. The lowest BCUT2D eigenvalue weighted by atomic mass is 10.0. The first-order valence-electron chi connectivity index (χ1n) is 7.76. The quantitative estimate of drug-likeness (QED) is 0.872. The molecule has 22 heavy (non-hydrogen) atoms. The maximum Gasteiger partial charge on any atom is 0.408 e. The van der Waals surface area contributed by atoms with Gasteiger partial charge in [0.05, 0.1) is 5.54 Å². The lowest BCUT2D eigenvalue weighted by molar-refractivity contribution is 0.0472. The van der Waals surface area contributed by atoms with Crippen LogP contribution in [0.25, 0.3) is 0 Å². The fraction of sp³-hybridized carbons (Fsp3) is 0.611. The van der Waals surface area contributed by atoms with Gasteiger partial charge in [-0.3, -0.25) is 0 Å². The molecule has 0 heterocycles. The van der Waals surface area contributed by atoms with Crippen LogP contribution in [0.5, 0.6) is 0 Å². The molecule has 1 amide bonds. The van der Waals surface area contributed by atoms with E-state index in [4.69, 9.17) is 4.74 Å². The van der Waals surface area contributed by atoms with Crippen LogP contribution in [0.15, 0.2) is 18.2 Å². The lowest BCUT2D eigenvalue weighted by Crippen LogP contribution is -2.51. The molecule has 0 aliphatic rings. The van der Waals surface area contributed by atoms with Crippen LogP contribution in [0.4, 0.5) is 4.79 Å². The Morgan fingerprint density at radius 2 is 1.77 bits per heavy atom. The molecule has 2 N–H and O–H groups in total. The molecule has 0 fully saturated rings. The molecule has 0 spiro atoms. The zero-order chi connectivity index (χ0) is 17.0. The molecule has 1 aromatic rings. The largest absolute Gasteiger partial charge is 0.444 e. The predicted molar refractivity (Wildman–Crippen MR) is 91.1 cm³/mol. The lowest BCUT2D eigenvalue weighted by Gasteiger charge is -2.29. The molecule has 4 nitrogen and oxygen atoms in total. The Labute approximate surface area is 134 Å². The third-order valence-electron chi connectivity index (χ3n) is 3.22. The number of ether oxygens (including phenoxy) is 1. The highest BCUT2D eigenvalue weighted by Gasteiger charge is 2.24. The van der Waals surface area contributed by atoms with E-state index in [1.807, 2.05) is 34.6 Å². The van der Waals surface area contributed by atoms with Gasteiger partial charge in [0.15, 0.2) is 0 Å². The molecule has 0 aliphatic carbocycles. The second-order valence-corrected chi connectivity index (χ2v) is 7.54. The van der Waals surface area contributed by atoms with Crippen LogP contribution < -0.4 is 10.6 Å². The van der Waals surface area contributed by atoms with Crippen LogP contribution in [0.2, 0.25) is 0 Å². The topological polar surface area (TPSA) is 50.4 Å². The van der Waals surface area contributed by atoms with Gasteiger partial charge in [-0.25, -0.2) is 4.79 Å². The summed E-state index contributed by atoms with van der Waals surface area (Å²) in [5.74, 6) is 0. The first kappa shape index (κ1) is 18.5. The molecule has 0 saturated heterocycles. The Balaban J connectivity index is 2.47. The minimum atomic E-state index is -0.480. The van der Waals surface area contributed by atoms with Crippen molar-refractivity contribution in [2.75, 3.05) is 6.54 Å². The molecule has 124 valence electrons. The number of hydrogen-bond acceptors (Lipinski definition) is 3. The minimum absolute atomic E-state index is 0.374. The predicted octanol–water partition coefficient (Wildman–Crippen LogP) is 3.70. The molecular weight excluding hydrogens is 276 g/mol. The van der Waals surface area contributed by atoms with Crippen molar-refractivity contribution in [3.05, 3.63) is 34.9 Å². The summed E-state index contributed by atoms with van der Waals surface area (Å²) >= 11 is 0. The highest BCUT2D eigenvalue weighted by Crippen LogP contribution is 2.11. The maximum atomic E-state index is 11.8. The van der Waals surface area contributed by atoms with Gasteiger partial charge in [-0.2, -0.15) is 0 Å². The van der Waals surface area contributed by atoms with Crippen LogP contribution >= 0.6 is 0 Å². The number of alkyl carbamates (subject to hydrolysis) is 1. The van der Waals surface area contributed by atoms with E-state index in [1.54, 1.807) is 0 Å². The summed E-state index contributed by atoms with van der Waals surface area (Å²) in [6, 6.07) is 6.45. The normalized spacial score (nSPS) is 12.1. The van der Waals surface area contributed by atoms with E-state index in [9.17, 15) is 4.79 Å². The summed E-state index contributed by atoms with van der Waals surface area (Å²) in [7, 11) is 0. The third kappa shape index (κ3) is 6.94. The number of amides is 1. The Morgan fingerprint density at radius 1 is 1.14 bits per heavy atom. The Hall–Kier alpha value is -1.55. The van der Waals surface area contributed by atoms with Crippen molar-refractivity contribution < 1.29 is 9.53 Å². The van der Waals surface area contributed by atoms with Crippen molar-refractivity contribution in [1.82, 2.24) is 10.6 Å². The average Bonchev–Trinajstić information content (AvgIpc) is 2.28. The van der Waals surface area contributed by atoms with E-state index in [0.29, 0.717) is 6.54 Å². The Morgan fingerprint density at radius 3 is 2.32 bits per heavy atom. The van der Waals surface area contributed by atoms with E-state index in [2.05, 4.69) is 42.7 Å². The van der Waals surface area contributed by atoms with Crippen LogP contribution in [0.3, 0.4) is 0 Å². The first-order chi connectivity index (χ1) is 9.98. The molecule has 1 rings (SSSR count). The van der Waals surface area contributed by atoms with Crippen molar-refractivity contribution in [2.45, 2.75) is 66.2 Å². The third-order valence-corrected chi connectivity index (χ3v) is 3.22. The second-order valence-electron chi connectivity index (χ2n) is 7.54. The van der Waals surface area contributed by atoms with Gasteiger partial charge in [-0.1, -0.05) is 23.8 Å². The maximum absolute atomic E-state index is 11.8. The average molecular weight is 306 g/mol. The van der Waals surface area contributed by atoms with Crippen molar-refractivity contribution >= 4 is 6.09 Å². The second kappa shape index (κ2) is 7.14. The standard InChI is InChI=1S/C18H30N2O2/c1-13-8-9-15(14(2)10-13)11-19-12-18(6,7)20-16(21)22-17(3,4)5/h8-10,19H,11-12H2,1-7H3,(H,20,21). The summed E-state index contributed by atoms with van der Waals surface area (Å²) in [6.45, 7) is 15.2. The molecule has 0 radical (unpaired) electrons. The van der Waals surface area contributed by atoms with Crippen LogP contribution in [0, 0.1) is 13.8 Å².